The van der Waals surface area contributed by atoms with Crippen molar-refractivity contribution in [1.29, 1.82) is 0 Å². The molecule has 0 saturated carbocycles. The molecule has 2 rings (SSSR count). The average Bonchev–Trinajstić information content (AvgIpc) is 2.65. The van der Waals surface area contributed by atoms with E-state index in [9.17, 15) is 4.79 Å². The van der Waals surface area contributed by atoms with Crippen LogP contribution in [0.3, 0.4) is 0 Å². The van der Waals surface area contributed by atoms with E-state index in [-0.39, 0.29) is 12.1 Å². The van der Waals surface area contributed by atoms with Crippen molar-refractivity contribution in [2.24, 2.45) is 0 Å². The molecule has 1 aliphatic heterocycles. The van der Waals surface area contributed by atoms with Crippen LogP contribution in [-0.4, -0.2) is 19.8 Å². The fraction of sp³-hybridized carbons (Fsp3) is 0.300. The number of carbonyl (C=O) groups excluding carboxylic acids is 1. The van der Waals surface area contributed by atoms with E-state index in [1.54, 1.807) is 7.11 Å². The molecule has 1 unspecified atom stereocenters. The number of carbonyl (C=O) groups is 1. The van der Waals surface area contributed by atoms with Crippen molar-refractivity contribution in [3.05, 3.63) is 29.8 Å². The lowest BCUT2D eigenvalue weighted by Crippen LogP contribution is -2.18. The molecule has 4 nitrogen and oxygen atoms in total. The van der Waals surface area contributed by atoms with Gasteiger partial charge in [0.2, 0.25) is 0 Å². The molecule has 0 aliphatic carbocycles. The minimum absolute atomic E-state index is 0.0578. The molecule has 1 N–H and O–H groups in total. The van der Waals surface area contributed by atoms with Gasteiger partial charge >= 0.3 is 6.09 Å². The molecule has 1 atom stereocenters. The van der Waals surface area contributed by atoms with Gasteiger partial charge in [-0.1, -0.05) is 12.1 Å². The van der Waals surface area contributed by atoms with Crippen LogP contribution < -0.4 is 10.1 Å². The summed E-state index contributed by atoms with van der Waals surface area (Å²) >= 11 is 0. The van der Waals surface area contributed by atoms with Crippen LogP contribution in [0.1, 0.15) is 11.6 Å². The summed E-state index contributed by atoms with van der Waals surface area (Å²) in [5, 5.41) is 2.70. The molecule has 4 heteroatoms. The predicted octanol–water partition coefficient (Wildman–Crippen LogP) is 1.48. The van der Waals surface area contributed by atoms with E-state index < -0.39 is 0 Å². The van der Waals surface area contributed by atoms with E-state index in [4.69, 9.17) is 9.47 Å². The number of benzene rings is 1. The van der Waals surface area contributed by atoms with Gasteiger partial charge in [-0.15, -0.1) is 0 Å². The maximum absolute atomic E-state index is 10.8. The fourth-order valence-electron chi connectivity index (χ4n) is 1.42. The molecular formula is C10H11NO3. The summed E-state index contributed by atoms with van der Waals surface area (Å²) in [6.07, 6.45) is -0.363. The lowest BCUT2D eigenvalue weighted by atomic mass is 10.1. The predicted molar refractivity (Wildman–Crippen MR) is 50.2 cm³/mol. The quantitative estimate of drug-likeness (QED) is 0.773. The zero-order valence-electron chi connectivity index (χ0n) is 7.82. The lowest BCUT2D eigenvalue weighted by molar-refractivity contribution is 0.177. The molecule has 0 aromatic heterocycles. The molecule has 1 aliphatic rings. The van der Waals surface area contributed by atoms with Gasteiger partial charge in [-0.2, -0.15) is 0 Å². The van der Waals surface area contributed by atoms with E-state index >= 15 is 0 Å². The maximum atomic E-state index is 10.8. The maximum Gasteiger partial charge on any atom is 0.407 e. The van der Waals surface area contributed by atoms with Crippen molar-refractivity contribution in [2.75, 3.05) is 13.7 Å². The van der Waals surface area contributed by atoms with Crippen LogP contribution in [0.2, 0.25) is 0 Å². The van der Waals surface area contributed by atoms with Crippen LogP contribution in [-0.2, 0) is 4.74 Å². The SMILES string of the molecule is COc1cccc(C2COC(=O)N2)c1. The van der Waals surface area contributed by atoms with Crippen LogP contribution >= 0.6 is 0 Å². The van der Waals surface area contributed by atoms with Gasteiger partial charge in [0.05, 0.1) is 13.2 Å². The third kappa shape index (κ3) is 1.64. The van der Waals surface area contributed by atoms with E-state index in [0.717, 1.165) is 11.3 Å². The smallest absolute Gasteiger partial charge is 0.407 e. The Labute approximate surface area is 81.8 Å². The molecule has 1 fully saturated rings. The normalized spacial score (nSPS) is 20.1. The van der Waals surface area contributed by atoms with Crippen molar-refractivity contribution >= 4 is 6.09 Å². The molecule has 1 aromatic rings. The molecule has 1 aromatic carbocycles. The Hall–Kier alpha value is -1.71. The van der Waals surface area contributed by atoms with E-state index in [2.05, 4.69) is 5.32 Å². The monoisotopic (exact) mass is 193 g/mol. The molecule has 1 saturated heterocycles. The highest BCUT2D eigenvalue weighted by Gasteiger charge is 2.23. The van der Waals surface area contributed by atoms with Crippen LogP contribution in [0.25, 0.3) is 0 Å². The van der Waals surface area contributed by atoms with Crippen molar-refractivity contribution in [2.45, 2.75) is 6.04 Å². The van der Waals surface area contributed by atoms with Crippen molar-refractivity contribution < 1.29 is 14.3 Å². The number of ether oxygens (including phenoxy) is 2. The number of methoxy groups -OCH3 is 1. The largest absolute Gasteiger partial charge is 0.497 e. The van der Waals surface area contributed by atoms with Gasteiger partial charge in [0, 0.05) is 0 Å². The minimum Gasteiger partial charge on any atom is -0.497 e. The summed E-state index contributed by atoms with van der Waals surface area (Å²) in [6, 6.07) is 7.51. The Kier molecular flexibility index (Phi) is 2.26. The van der Waals surface area contributed by atoms with Gasteiger partial charge in [-0.3, -0.25) is 0 Å². The second-order valence-corrected chi connectivity index (χ2v) is 3.07. The molecule has 74 valence electrons. The van der Waals surface area contributed by atoms with Crippen LogP contribution in [0.5, 0.6) is 5.75 Å². The standard InChI is InChI=1S/C10H11NO3/c1-13-8-4-2-3-7(5-8)9-6-14-10(12)11-9/h2-5,9H,6H2,1H3,(H,11,12). The summed E-state index contributed by atoms with van der Waals surface area (Å²) in [4.78, 5) is 10.8. The number of rotatable bonds is 2. The molecular weight excluding hydrogens is 182 g/mol. The van der Waals surface area contributed by atoms with Gasteiger partial charge in [-0.25, -0.2) is 4.79 Å². The Morgan fingerprint density at radius 3 is 3.07 bits per heavy atom. The number of hydrogen-bond acceptors (Lipinski definition) is 3. The first-order valence-corrected chi connectivity index (χ1v) is 4.37. The van der Waals surface area contributed by atoms with Crippen molar-refractivity contribution in [1.82, 2.24) is 5.32 Å². The van der Waals surface area contributed by atoms with E-state index in [0.29, 0.717) is 6.61 Å². The molecule has 1 amide bonds. The second kappa shape index (κ2) is 3.57. The Balaban J connectivity index is 2.19. The highest BCUT2D eigenvalue weighted by Crippen LogP contribution is 2.21. The lowest BCUT2D eigenvalue weighted by Gasteiger charge is -2.08. The topological polar surface area (TPSA) is 47.6 Å². The summed E-state index contributed by atoms with van der Waals surface area (Å²) in [7, 11) is 1.61. The third-order valence-electron chi connectivity index (χ3n) is 2.17. The number of amides is 1. The van der Waals surface area contributed by atoms with Crippen molar-refractivity contribution in [3.63, 3.8) is 0 Å². The van der Waals surface area contributed by atoms with E-state index in [1.807, 2.05) is 24.3 Å². The van der Waals surface area contributed by atoms with Crippen LogP contribution in [0.4, 0.5) is 4.79 Å². The number of hydrogen-bond donors (Lipinski definition) is 1. The number of nitrogens with one attached hydrogen (secondary N) is 1. The molecule has 0 radical (unpaired) electrons. The Morgan fingerprint density at radius 1 is 1.57 bits per heavy atom. The fourth-order valence-corrected chi connectivity index (χ4v) is 1.42. The molecule has 0 bridgehead atoms. The van der Waals surface area contributed by atoms with Crippen molar-refractivity contribution in [3.8, 4) is 5.75 Å². The first-order chi connectivity index (χ1) is 6.79. The van der Waals surface area contributed by atoms with Gasteiger partial charge < -0.3 is 14.8 Å². The Morgan fingerprint density at radius 2 is 2.43 bits per heavy atom. The minimum atomic E-state index is -0.363. The van der Waals surface area contributed by atoms with Gasteiger partial charge in [-0.05, 0) is 17.7 Å². The zero-order valence-corrected chi connectivity index (χ0v) is 7.82. The highest BCUT2D eigenvalue weighted by atomic mass is 16.6. The van der Waals surface area contributed by atoms with E-state index in [1.165, 1.54) is 0 Å². The van der Waals surface area contributed by atoms with Gasteiger partial charge in [0.15, 0.2) is 0 Å². The van der Waals surface area contributed by atoms with Crippen LogP contribution in [0, 0.1) is 0 Å². The second-order valence-electron chi connectivity index (χ2n) is 3.07. The average molecular weight is 193 g/mol. The summed E-state index contributed by atoms with van der Waals surface area (Å²) in [5.74, 6) is 0.781. The first kappa shape index (κ1) is 8.87. The van der Waals surface area contributed by atoms with Crippen LogP contribution in [0.15, 0.2) is 24.3 Å². The Bertz CT molecular complexity index is 351. The highest BCUT2D eigenvalue weighted by molar-refractivity contribution is 5.70. The summed E-state index contributed by atoms with van der Waals surface area (Å²) in [5.41, 5.74) is 0.996. The van der Waals surface area contributed by atoms with Gasteiger partial charge in [0.1, 0.15) is 12.4 Å². The molecule has 1 heterocycles. The number of cyclic esters (lactones) is 1. The summed E-state index contributed by atoms with van der Waals surface area (Å²) in [6.45, 7) is 0.381. The molecule has 14 heavy (non-hydrogen) atoms. The number of alkyl carbamates (subject to hydrolysis) is 1. The third-order valence-corrected chi connectivity index (χ3v) is 2.17. The molecule has 0 spiro atoms. The zero-order chi connectivity index (χ0) is 9.97. The van der Waals surface area contributed by atoms with Gasteiger partial charge in [0.25, 0.3) is 0 Å². The first-order valence-electron chi connectivity index (χ1n) is 4.37. The summed E-state index contributed by atoms with van der Waals surface area (Å²) < 4.78 is 9.89.